The van der Waals surface area contributed by atoms with Crippen LogP contribution in [-0.4, -0.2) is 28.0 Å². The van der Waals surface area contributed by atoms with Crippen LogP contribution in [0.25, 0.3) is 11.0 Å². The highest BCUT2D eigenvalue weighted by Gasteiger charge is 2.07. The van der Waals surface area contributed by atoms with E-state index in [1.54, 1.807) is 0 Å². The molecule has 0 aliphatic heterocycles. The summed E-state index contributed by atoms with van der Waals surface area (Å²) >= 11 is 0. The number of hydrogen-bond acceptors (Lipinski definition) is 4. The van der Waals surface area contributed by atoms with Crippen LogP contribution in [0.4, 0.5) is 0 Å². The van der Waals surface area contributed by atoms with Gasteiger partial charge >= 0.3 is 0 Å². The van der Waals surface area contributed by atoms with Crippen molar-refractivity contribution in [1.82, 2.24) is 20.5 Å². The summed E-state index contributed by atoms with van der Waals surface area (Å²) < 4.78 is 1.52. The maximum atomic E-state index is 11.2. The van der Waals surface area contributed by atoms with Crippen LogP contribution in [0.3, 0.4) is 0 Å². The van der Waals surface area contributed by atoms with Gasteiger partial charge in [0, 0.05) is 0 Å². The maximum absolute atomic E-state index is 11.2. The first-order valence-corrected chi connectivity index (χ1v) is 4.41. The van der Waals surface area contributed by atoms with E-state index in [9.17, 15) is 4.79 Å². The van der Waals surface area contributed by atoms with Gasteiger partial charge in [0.25, 0.3) is 5.91 Å². The first-order valence-electron chi connectivity index (χ1n) is 4.41. The van der Waals surface area contributed by atoms with Gasteiger partial charge in [0.1, 0.15) is 12.1 Å². The van der Waals surface area contributed by atoms with Gasteiger partial charge in [0.15, 0.2) is 0 Å². The molecule has 1 aromatic carbocycles. The lowest BCUT2D eigenvalue weighted by molar-refractivity contribution is -0.132. The first kappa shape index (κ1) is 9.60. The number of amides is 1. The molecule has 1 heterocycles. The second-order valence-electron chi connectivity index (χ2n) is 2.97. The molecule has 0 saturated heterocycles. The Kier molecular flexibility index (Phi) is 2.59. The van der Waals surface area contributed by atoms with Crippen molar-refractivity contribution in [1.29, 1.82) is 0 Å². The van der Waals surface area contributed by atoms with Crippen LogP contribution < -0.4 is 5.48 Å². The van der Waals surface area contributed by atoms with E-state index in [1.807, 2.05) is 24.3 Å². The SMILES string of the molecule is CONC(=O)Cn1nnc2ccccc21. The molecule has 0 fully saturated rings. The molecule has 2 aromatic rings. The van der Waals surface area contributed by atoms with Crippen molar-refractivity contribution in [3.63, 3.8) is 0 Å². The van der Waals surface area contributed by atoms with E-state index in [-0.39, 0.29) is 12.5 Å². The highest BCUT2D eigenvalue weighted by atomic mass is 16.6. The molecular weight excluding hydrogens is 196 g/mol. The van der Waals surface area contributed by atoms with Gasteiger partial charge in [-0.05, 0) is 12.1 Å². The fourth-order valence-electron chi connectivity index (χ4n) is 1.32. The first-order chi connectivity index (χ1) is 7.31. The molecule has 6 nitrogen and oxygen atoms in total. The van der Waals surface area contributed by atoms with Crippen LogP contribution in [0.15, 0.2) is 24.3 Å². The second kappa shape index (κ2) is 4.05. The highest BCUT2D eigenvalue weighted by molar-refractivity contribution is 5.79. The summed E-state index contributed by atoms with van der Waals surface area (Å²) in [5.41, 5.74) is 3.81. The molecule has 0 radical (unpaired) electrons. The molecule has 0 aliphatic rings. The number of aromatic nitrogens is 3. The number of benzene rings is 1. The number of hydrogen-bond donors (Lipinski definition) is 1. The van der Waals surface area contributed by atoms with Crippen molar-refractivity contribution in [2.45, 2.75) is 6.54 Å². The fraction of sp³-hybridized carbons (Fsp3) is 0.222. The zero-order chi connectivity index (χ0) is 10.7. The normalized spacial score (nSPS) is 10.5. The minimum Gasteiger partial charge on any atom is -0.277 e. The van der Waals surface area contributed by atoms with Crippen LogP contribution in [-0.2, 0) is 16.2 Å². The number of nitrogens with zero attached hydrogens (tertiary/aromatic N) is 3. The number of carbonyl (C=O) groups excluding carboxylic acids is 1. The van der Waals surface area contributed by atoms with Crippen molar-refractivity contribution in [2.75, 3.05) is 7.11 Å². The standard InChI is InChI=1S/C9H10N4O2/c1-15-11-9(14)6-13-8-5-3-2-4-7(8)10-12-13/h2-5H,6H2,1H3,(H,11,14). The van der Waals surface area contributed by atoms with Gasteiger partial charge < -0.3 is 0 Å². The fourth-order valence-corrected chi connectivity index (χ4v) is 1.32. The molecule has 2 rings (SSSR count). The molecule has 1 N–H and O–H groups in total. The quantitative estimate of drug-likeness (QED) is 0.723. The summed E-state index contributed by atoms with van der Waals surface area (Å²) in [4.78, 5) is 15.7. The highest BCUT2D eigenvalue weighted by Crippen LogP contribution is 2.08. The largest absolute Gasteiger partial charge is 0.277 e. The second-order valence-corrected chi connectivity index (χ2v) is 2.97. The van der Waals surface area contributed by atoms with Crippen LogP contribution in [0, 0.1) is 0 Å². The molecule has 0 atom stereocenters. The molecule has 6 heteroatoms. The predicted molar refractivity (Wildman–Crippen MR) is 52.7 cm³/mol. The van der Waals surface area contributed by atoms with Gasteiger partial charge in [-0.2, -0.15) is 0 Å². The average Bonchev–Trinajstić information content (AvgIpc) is 2.62. The lowest BCUT2D eigenvalue weighted by atomic mass is 10.3. The summed E-state index contributed by atoms with van der Waals surface area (Å²) in [6.45, 7) is 0.0916. The zero-order valence-electron chi connectivity index (χ0n) is 8.17. The Morgan fingerprint density at radius 2 is 2.33 bits per heavy atom. The van der Waals surface area contributed by atoms with E-state index in [4.69, 9.17) is 0 Å². The van der Waals surface area contributed by atoms with Gasteiger partial charge in [-0.15, -0.1) is 5.10 Å². The average molecular weight is 206 g/mol. The van der Waals surface area contributed by atoms with Gasteiger partial charge in [-0.3, -0.25) is 9.63 Å². The molecule has 0 saturated carbocycles. The maximum Gasteiger partial charge on any atom is 0.265 e. The summed E-state index contributed by atoms with van der Waals surface area (Å²) in [5.74, 6) is -0.270. The summed E-state index contributed by atoms with van der Waals surface area (Å²) in [5, 5.41) is 7.79. The summed E-state index contributed by atoms with van der Waals surface area (Å²) in [6.07, 6.45) is 0. The van der Waals surface area contributed by atoms with Crippen molar-refractivity contribution in [2.24, 2.45) is 0 Å². The van der Waals surface area contributed by atoms with E-state index >= 15 is 0 Å². The topological polar surface area (TPSA) is 69.0 Å². The molecule has 15 heavy (non-hydrogen) atoms. The number of para-hydroxylation sites is 1. The molecular formula is C9H10N4O2. The number of nitrogens with one attached hydrogen (secondary N) is 1. The number of rotatable bonds is 3. The Hall–Kier alpha value is -1.95. The Morgan fingerprint density at radius 1 is 1.53 bits per heavy atom. The third-order valence-electron chi connectivity index (χ3n) is 1.93. The molecule has 0 unspecified atom stereocenters. The van der Waals surface area contributed by atoms with Crippen molar-refractivity contribution in [3.05, 3.63) is 24.3 Å². The summed E-state index contributed by atoms with van der Waals surface area (Å²) in [7, 11) is 1.39. The molecule has 78 valence electrons. The zero-order valence-corrected chi connectivity index (χ0v) is 8.17. The smallest absolute Gasteiger partial charge is 0.265 e. The Balaban J connectivity index is 2.25. The third kappa shape index (κ3) is 1.94. The predicted octanol–water partition coefficient (Wildman–Crippen LogP) is 0.109. The number of hydroxylamine groups is 1. The molecule has 1 amide bonds. The van der Waals surface area contributed by atoms with Crippen molar-refractivity contribution >= 4 is 16.9 Å². The van der Waals surface area contributed by atoms with Crippen LogP contribution in [0.1, 0.15) is 0 Å². The Labute approximate surface area is 85.8 Å². The molecule has 0 aliphatic carbocycles. The molecule has 0 spiro atoms. The monoisotopic (exact) mass is 206 g/mol. The minimum atomic E-state index is -0.270. The van der Waals surface area contributed by atoms with E-state index in [0.717, 1.165) is 11.0 Å². The minimum absolute atomic E-state index is 0.0916. The van der Waals surface area contributed by atoms with Crippen molar-refractivity contribution in [3.8, 4) is 0 Å². The van der Waals surface area contributed by atoms with Crippen LogP contribution in [0.2, 0.25) is 0 Å². The molecule has 0 bridgehead atoms. The van der Waals surface area contributed by atoms with E-state index < -0.39 is 0 Å². The van der Waals surface area contributed by atoms with Crippen LogP contribution in [0.5, 0.6) is 0 Å². The van der Waals surface area contributed by atoms with Gasteiger partial charge in [0.05, 0.1) is 12.6 Å². The summed E-state index contributed by atoms with van der Waals surface area (Å²) in [6, 6.07) is 7.44. The van der Waals surface area contributed by atoms with Crippen LogP contribution >= 0.6 is 0 Å². The lowest BCUT2D eigenvalue weighted by Gasteiger charge is -2.01. The lowest BCUT2D eigenvalue weighted by Crippen LogP contribution is -2.26. The van der Waals surface area contributed by atoms with E-state index in [0.29, 0.717) is 0 Å². The molecule has 1 aromatic heterocycles. The van der Waals surface area contributed by atoms with E-state index in [2.05, 4.69) is 20.6 Å². The van der Waals surface area contributed by atoms with Gasteiger partial charge in [-0.25, -0.2) is 10.2 Å². The van der Waals surface area contributed by atoms with Crippen molar-refractivity contribution < 1.29 is 9.63 Å². The Bertz CT molecular complexity index is 480. The van der Waals surface area contributed by atoms with Gasteiger partial charge in [-0.1, -0.05) is 17.3 Å². The Morgan fingerprint density at radius 3 is 3.13 bits per heavy atom. The van der Waals surface area contributed by atoms with Gasteiger partial charge in [0.2, 0.25) is 0 Å². The third-order valence-corrected chi connectivity index (χ3v) is 1.93. The number of carbonyl (C=O) groups is 1. The number of fused-ring (bicyclic) bond motifs is 1. The van der Waals surface area contributed by atoms with E-state index in [1.165, 1.54) is 11.8 Å².